The fourth-order valence-corrected chi connectivity index (χ4v) is 4.75. The zero-order valence-corrected chi connectivity index (χ0v) is 16.9. The summed E-state index contributed by atoms with van der Waals surface area (Å²) in [6.45, 7) is 1.85. The Labute approximate surface area is 171 Å². The van der Waals surface area contributed by atoms with E-state index in [0.717, 1.165) is 64.5 Å². The molecule has 0 bridgehead atoms. The minimum absolute atomic E-state index is 0.0477. The standard InChI is InChI=1S/C22H30N4O3/c27-19(17-8-4-3-5-9-17)23-18-10-14-25(15-11-18)16-26-20(28)22(24-21(26)29)12-6-1-2-7-13-22/h3-5,8-9,18H,1-2,6-7,10-16H2,(H,23,27)(H,24,29). The lowest BCUT2D eigenvalue weighted by atomic mass is 9.90. The number of rotatable bonds is 4. The highest BCUT2D eigenvalue weighted by Crippen LogP contribution is 2.33. The molecule has 2 heterocycles. The minimum atomic E-state index is -0.671. The smallest absolute Gasteiger partial charge is 0.326 e. The van der Waals surface area contributed by atoms with Crippen LogP contribution in [0.25, 0.3) is 0 Å². The van der Waals surface area contributed by atoms with Gasteiger partial charge >= 0.3 is 6.03 Å². The third kappa shape index (κ3) is 4.29. The molecule has 3 fully saturated rings. The fourth-order valence-electron chi connectivity index (χ4n) is 4.75. The van der Waals surface area contributed by atoms with Crippen LogP contribution in [0, 0.1) is 0 Å². The lowest BCUT2D eigenvalue weighted by molar-refractivity contribution is -0.133. The first-order chi connectivity index (χ1) is 14.1. The van der Waals surface area contributed by atoms with Crippen LogP contribution in [0.5, 0.6) is 0 Å². The van der Waals surface area contributed by atoms with E-state index in [4.69, 9.17) is 0 Å². The van der Waals surface area contributed by atoms with Gasteiger partial charge in [-0.25, -0.2) is 9.69 Å². The van der Waals surface area contributed by atoms with Crippen molar-refractivity contribution in [2.75, 3.05) is 19.8 Å². The van der Waals surface area contributed by atoms with Gasteiger partial charge in [-0.2, -0.15) is 0 Å². The van der Waals surface area contributed by atoms with Crippen LogP contribution in [-0.2, 0) is 4.79 Å². The number of carbonyl (C=O) groups is 3. The molecule has 29 heavy (non-hydrogen) atoms. The number of nitrogens with one attached hydrogen (secondary N) is 2. The highest BCUT2D eigenvalue weighted by Gasteiger charge is 2.51. The number of benzene rings is 1. The summed E-state index contributed by atoms with van der Waals surface area (Å²) in [7, 11) is 0. The monoisotopic (exact) mass is 398 g/mol. The SMILES string of the molecule is O=C(NC1CCN(CN2C(=O)NC3(CCCCCC3)C2=O)CC1)c1ccccc1. The molecule has 1 spiro atoms. The summed E-state index contributed by atoms with van der Waals surface area (Å²) in [6.07, 6.45) is 7.38. The van der Waals surface area contributed by atoms with E-state index in [2.05, 4.69) is 15.5 Å². The van der Waals surface area contributed by atoms with Crippen LogP contribution in [0.15, 0.2) is 30.3 Å². The number of hydrogen-bond donors (Lipinski definition) is 2. The van der Waals surface area contributed by atoms with E-state index in [1.54, 1.807) is 0 Å². The van der Waals surface area contributed by atoms with Crippen molar-refractivity contribution in [3.05, 3.63) is 35.9 Å². The number of likely N-dealkylation sites (tertiary alicyclic amines) is 1. The van der Waals surface area contributed by atoms with Gasteiger partial charge in [0.2, 0.25) is 0 Å². The second kappa shape index (κ2) is 8.53. The van der Waals surface area contributed by atoms with E-state index in [0.29, 0.717) is 12.2 Å². The van der Waals surface area contributed by atoms with Crippen LogP contribution < -0.4 is 10.6 Å². The van der Waals surface area contributed by atoms with Crippen LogP contribution in [-0.4, -0.2) is 59.0 Å². The van der Waals surface area contributed by atoms with Gasteiger partial charge in [-0.3, -0.25) is 14.5 Å². The summed E-state index contributed by atoms with van der Waals surface area (Å²) >= 11 is 0. The Bertz CT molecular complexity index is 751. The van der Waals surface area contributed by atoms with E-state index in [-0.39, 0.29) is 23.9 Å². The van der Waals surface area contributed by atoms with E-state index in [1.165, 1.54) is 4.90 Å². The molecule has 156 valence electrons. The van der Waals surface area contributed by atoms with Crippen molar-refractivity contribution in [2.45, 2.75) is 62.9 Å². The maximum Gasteiger partial charge on any atom is 0.326 e. The second-order valence-corrected chi connectivity index (χ2v) is 8.53. The largest absolute Gasteiger partial charge is 0.349 e. The Kier molecular flexibility index (Phi) is 5.85. The number of nitrogens with zero attached hydrogens (tertiary/aromatic N) is 2. The number of urea groups is 1. The van der Waals surface area contributed by atoms with Gasteiger partial charge in [0.15, 0.2) is 0 Å². The van der Waals surface area contributed by atoms with Crippen LogP contribution in [0.4, 0.5) is 4.79 Å². The van der Waals surface area contributed by atoms with Crippen molar-refractivity contribution >= 4 is 17.8 Å². The summed E-state index contributed by atoms with van der Waals surface area (Å²) < 4.78 is 0. The van der Waals surface area contributed by atoms with Gasteiger partial charge in [-0.15, -0.1) is 0 Å². The molecule has 2 N–H and O–H groups in total. The van der Waals surface area contributed by atoms with Crippen LogP contribution >= 0.6 is 0 Å². The van der Waals surface area contributed by atoms with Crippen molar-refractivity contribution < 1.29 is 14.4 Å². The highest BCUT2D eigenvalue weighted by atomic mass is 16.2. The lowest BCUT2D eigenvalue weighted by Crippen LogP contribution is -2.50. The van der Waals surface area contributed by atoms with Crippen molar-refractivity contribution in [3.63, 3.8) is 0 Å². The average Bonchev–Trinajstić information content (AvgIpc) is 2.90. The summed E-state index contributed by atoms with van der Waals surface area (Å²) in [5, 5.41) is 6.10. The highest BCUT2D eigenvalue weighted by molar-refractivity contribution is 6.07. The quantitative estimate of drug-likeness (QED) is 0.764. The number of amides is 4. The maximum atomic E-state index is 13.0. The first-order valence-corrected chi connectivity index (χ1v) is 10.8. The van der Waals surface area contributed by atoms with Crippen molar-refractivity contribution in [1.82, 2.24) is 20.4 Å². The lowest BCUT2D eigenvalue weighted by Gasteiger charge is -2.34. The maximum absolute atomic E-state index is 13.0. The van der Waals surface area contributed by atoms with Gasteiger partial charge in [-0.1, -0.05) is 43.9 Å². The number of hydrogen-bond acceptors (Lipinski definition) is 4. The molecule has 1 aliphatic carbocycles. The van der Waals surface area contributed by atoms with Crippen molar-refractivity contribution in [3.8, 4) is 0 Å². The summed E-state index contributed by atoms with van der Waals surface area (Å²) in [4.78, 5) is 41.4. The molecule has 1 aromatic rings. The molecule has 0 radical (unpaired) electrons. The second-order valence-electron chi connectivity index (χ2n) is 8.53. The molecular formula is C22H30N4O3. The predicted octanol–water partition coefficient (Wildman–Crippen LogP) is 2.48. The Morgan fingerprint density at radius 3 is 2.34 bits per heavy atom. The number of imide groups is 1. The van der Waals surface area contributed by atoms with E-state index < -0.39 is 5.54 Å². The molecule has 0 atom stereocenters. The molecule has 7 nitrogen and oxygen atoms in total. The Hall–Kier alpha value is -2.41. The summed E-state index contributed by atoms with van der Waals surface area (Å²) in [6, 6.07) is 9.10. The normalized spacial score (nSPS) is 23.1. The van der Waals surface area contributed by atoms with Crippen molar-refractivity contribution in [2.24, 2.45) is 0 Å². The predicted molar refractivity (Wildman–Crippen MR) is 109 cm³/mol. The minimum Gasteiger partial charge on any atom is -0.349 e. The summed E-state index contributed by atoms with van der Waals surface area (Å²) in [5.41, 5.74) is -0.00166. The van der Waals surface area contributed by atoms with Crippen molar-refractivity contribution in [1.29, 1.82) is 0 Å². The fraction of sp³-hybridized carbons (Fsp3) is 0.591. The van der Waals surface area contributed by atoms with Crippen LogP contribution in [0.2, 0.25) is 0 Å². The molecule has 0 aromatic heterocycles. The molecule has 3 aliphatic rings. The number of piperidine rings is 1. The average molecular weight is 399 g/mol. The third-order valence-corrected chi connectivity index (χ3v) is 6.50. The van der Waals surface area contributed by atoms with Gasteiger partial charge in [0.25, 0.3) is 11.8 Å². The molecule has 7 heteroatoms. The van der Waals surface area contributed by atoms with Gasteiger partial charge in [0.05, 0.1) is 6.67 Å². The van der Waals surface area contributed by atoms with E-state index >= 15 is 0 Å². The molecule has 4 amide bonds. The molecule has 2 aliphatic heterocycles. The molecule has 2 saturated heterocycles. The molecule has 4 rings (SSSR count). The third-order valence-electron chi connectivity index (χ3n) is 6.50. The molecular weight excluding hydrogens is 368 g/mol. The van der Waals surface area contributed by atoms with Gasteiger partial charge in [-0.05, 0) is 37.8 Å². The van der Waals surface area contributed by atoms with Gasteiger partial charge in [0.1, 0.15) is 5.54 Å². The Morgan fingerprint density at radius 2 is 1.69 bits per heavy atom. The van der Waals surface area contributed by atoms with Gasteiger partial charge < -0.3 is 10.6 Å². The molecule has 1 saturated carbocycles. The number of carbonyl (C=O) groups excluding carboxylic acids is 3. The molecule has 0 unspecified atom stereocenters. The van der Waals surface area contributed by atoms with E-state index in [9.17, 15) is 14.4 Å². The van der Waals surface area contributed by atoms with Crippen LogP contribution in [0.1, 0.15) is 61.7 Å². The molecule has 1 aromatic carbocycles. The Morgan fingerprint density at radius 1 is 1.03 bits per heavy atom. The zero-order chi connectivity index (χ0) is 20.3. The van der Waals surface area contributed by atoms with Gasteiger partial charge in [0, 0.05) is 24.7 Å². The first kappa shape index (κ1) is 19.9. The zero-order valence-electron chi connectivity index (χ0n) is 16.9. The Balaban J connectivity index is 1.29. The van der Waals surface area contributed by atoms with E-state index in [1.807, 2.05) is 30.3 Å². The topological polar surface area (TPSA) is 81.8 Å². The summed E-state index contributed by atoms with van der Waals surface area (Å²) in [5.74, 6) is -0.0997. The first-order valence-electron chi connectivity index (χ1n) is 10.8. The van der Waals surface area contributed by atoms with Crippen LogP contribution in [0.3, 0.4) is 0 Å².